The van der Waals surface area contributed by atoms with Gasteiger partial charge in [0.1, 0.15) is 11.4 Å². The smallest absolute Gasteiger partial charge is 0.337 e. The van der Waals surface area contributed by atoms with Crippen LogP contribution in [0.3, 0.4) is 0 Å². The van der Waals surface area contributed by atoms with Gasteiger partial charge < -0.3 is 14.3 Å². The number of nitrogens with zero attached hydrogens (tertiary/aromatic N) is 3. The summed E-state index contributed by atoms with van der Waals surface area (Å²) in [7, 11) is 0. The molecule has 26 heavy (non-hydrogen) atoms. The normalized spacial score (nSPS) is 15.8. The highest BCUT2D eigenvalue weighted by atomic mass is 32.2. The molecule has 1 aliphatic rings. The maximum Gasteiger partial charge on any atom is 0.337 e. The van der Waals surface area contributed by atoms with Crippen LogP contribution >= 0.6 is 11.8 Å². The van der Waals surface area contributed by atoms with Gasteiger partial charge in [-0.1, -0.05) is 18.2 Å². The average molecular weight is 370 g/mol. The number of para-hydroxylation sites is 1. The third kappa shape index (κ3) is 3.29. The molecule has 4 rings (SSSR count). The lowest BCUT2D eigenvalue weighted by molar-refractivity contribution is 0.412. The van der Waals surface area contributed by atoms with Crippen LogP contribution in [0.5, 0.6) is 0 Å². The van der Waals surface area contributed by atoms with Crippen molar-refractivity contribution in [1.29, 1.82) is 0 Å². The molecule has 0 unspecified atom stereocenters. The highest BCUT2D eigenvalue weighted by Crippen LogP contribution is 2.35. The summed E-state index contributed by atoms with van der Waals surface area (Å²) in [6.45, 7) is 6.33. The van der Waals surface area contributed by atoms with Gasteiger partial charge in [0.05, 0.1) is 0 Å². The SMILES string of the molecule is CC(C)n1c(Sc2cc(=O)oc3ccccc23)nnc1C1CCNCC1. The number of nitrogens with one attached hydrogen (secondary N) is 1. The molecular weight excluding hydrogens is 348 g/mol. The van der Waals surface area contributed by atoms with Crippen LogP contribution in [0.1, 0.15) is 44.5 Å². The molecule has 1 aliphatic heterocycles. The molecule has 0 bridgehead atoms. The Morgan fingerprint density at radius 1 is 1.23 bits per heavy atom. The molecule has 3 aromatic rings. The maximum atomic E-state index is 11.9. The van der Waals surface area contributed by atoms with Gasteiger partial charge in [0, 0.05) is 28.3 Å². The first kappa shape index (κ1) is 17.3. The first-order valence-electron chi connectivity index (χ1n) is 8.99. The molecule has 0 radical (unpaired) electrons. The van der Waals surface area contributed by atoms with Crippen molar-refractivity contribution in [3.63, 3.8) is 0 Å². The zero-order chi connectivity index (χ0) is 18.1. The van der Waals surface area contributed by atoms with E-state index in [1.54, 1.807) is 0 Å². The van der Waals surface area contributed by atoms with Gasteiger partial charge in [-0.05, 0) is 57.6 Å². The van der Waals surface area contributed by atoms with Crippen molar-refractivity contribution < 1.29 is 4.42 Å². The Labute approximate surface area is 156 Å². The summed E-state index contributed by atoms with van der Waals surface area (Å²) in [5.41, 5.74) is 0.247. The van der Waals surface area contributed by atoms with E-state index >= 15 is 0 Å². The molecule has 6 nitrogen and oxygen atoms in total. The zero-order valence-corrected chi connectivity index (χ0v) is 15.8. The summed E-state index contributed by atoms with van der Waals surface area (Å²) >= 11 is 1.48. The highest BCUT2D eigenvalue weighted by molar-refractivity contribution is 7.99. The fourth-order valence-corrected chi connectivity index (χ4v) is 4.58. The predicted molar refractivity (Wildman–Crippen MR) is 102 cm³/mol. The Morgan fingerprint density at radius 2 is 2.00 bits per heavy atom. The molecule has 136 valence electrons. The van der Waals surface area contributed by atoms with Crippen LogP contribution in [0.15, 0.2) is 49.6 Å². The van der Waals surface area contributed by atoms with Gasteiger partial charge in [0.25, 0.3) is 0 Å². The van der Waals surface area contributed by atoms with Crippen LogP contribution in [0.2, 0.25) is 0 Å². The zero-order valence-electron chi connectivity index (χ0n) is 14.9. The number of rotatable bonds is 4. The Hall–Kier alpha value is -2.12. The van der Waals surface area contributed by atoms with Gasteiger partial charge in [-0.3, -0.25) is 0 Å². The molecule has 2 aromatic heterocycles. The number of piperidine rings is 1. The molecule has 0 spiro atoms. The van der Waals surface area contributed by atoms with Gasteiger partial charge in [-0.25, -0.2) is 4.79 Å². The second-order valence-corrected chi connectivity index (χ2v) is 7.87. The van der Waals surface area contributed by atoms with Gasteiger partial charge >= 0.3 is 5.63 Å². The van der Waals surface area contributed by atoms with E-state index in [0.717, 1.165) is 47.2 Å². The molecule has 0 saturated carbocycles. The number of hydrogen-bond acceptors (Lipinski definition) is 6. The summed E-state index contributed by atoms with van der Waals surface area (Å²) in [4.78, 5) is 12.8. The van der Waals surface area contributed by atoms with Gasteiger partial charge in [-0.15, -0.1) is 10.2 Å². The molecule has 0 aliphatic carbocycles. The van der Waals surface area contributed by atoms with Crippen molar-refractivity contribution in [3.8, 4) is 0 Å². The number of benzene rings is 1. The third-order valence-corrected chi connectivity index (χ3v) is 5.74. The van der Waals surface area contributed by atoms with E-state index in [4.69, 9.17) is 4.42 Å². The van der Waals surface area contributed by atoms with Crippen LogP contribution < -0.4 is 10.9 Å². The molecule has 0 amide bonds. The third-order valence-electron chi connectivity index (χ3n) is 4.72. The molecule has 7 heteroatoms. The Balaban J connectivity index is 1.75. The highest BCUT2D eigenvalue weighted by Gasteiger charge is 2.25. The summed E-state index contributed by atoms with van der Waals surface area (Å²) in [6, 6.07) is 9.38. The first-order chi connectivity index (χ1) is 12.6. The summed E-state index contributed by atoms with van der Waals surface area (Å²) in [5.74, 6) is 1.48. The molecule has 1 aromatic carbocycles. The fourth-order valence-electron chi connectivity index (χ4n) is 3.47. The topological polar surface area (TPSA) is 73.0 Å². The van der Waals surface area contributed by atoms with Crippen LogP contribution in [-0.4, -0.2) is 27.9 Å². The summed E-state index contributed by atoms with van der Waals surface area (Å²) < 4.78 is 7.51. The predicted octanol–water partition coefficient (Wildman–Crippen LogP) is 3.58. The number of hydrogen-bond donors (Lipinski definition) is 1. The van der Waals surface area contributed by atoms with Crippen LogP contribution in [0.4, 0.5) is 0 Å². The monoisotopic (exact) mass is 370 g/mol. The lowest BCUT2D eigenvalue weighted by Gasteiger charge is -2.24. The van der Waals surface area contributed by atoms with E-state index < -0.39 is 0 Å². The maximum absolute atomic E-state index is 11.9. The second-order valence-electron chi connectivity index (χ2n) is 6.86. The Bertz CT molecular complexity index is 973. The molecule has 1 fully saturated rings. The van der Waals surface area contributed by atoms with Gasteiger partial charge in [0.2, 0.25) is 0 Å². The van der Waals surface area contributed by atoms with Crippen molar-refractivity contribution in [1.82, 2.24) is 20.1 Å². The van der Waals surface area contributed by atoms with Gasteiger partial charge in [0.15, 0.2) is 5.16 Å². The Morgan fingerprint density at radius 3 is 2.77 bits per heavy atom. The summed E-state index contributed by atoms with van der Waals surface area (Å²) in [5, 5.41) is 14.1. The molecule has 1 saturated heterocycles. The number of fused-ring (bicyclic) bond motifs is 1. The second kappa shape index (κ2) is 7.25. The lowest BCUT2D eigenvalue weighted by atomic mass is 9.97. The largest absolute Gasteiger partial charge is 0.423 e. The van der Waals surface area contributed by atoms with Crippen LogP contribution in [0, 0.1) is 0 Å². The number of aromatic nitrogens is 3. The lowest BCUT2D eigenvalue weighted by Crippen LogP contribution is -2.28. The standard InChI is InChI=1S/C19H22N4O2S/c1-12(2)23-18(13-7-9-20-10-8-13)21-22-19(23)26-16-11-17(24)25-15-6-4-3-5-14(15)16/h3-6,11-13,20H,7-10H2,1-2H3. The van der Waals surface area contributed by atoms with Crippen molar-refractivity contribution >= 4 is 22.7 Å². The van der Waals surface area contributed by atoms with E-state index in [9.17, 15) is 4.79 Å². The molecule has 0 atom stereocenters. The molecular formula is C19H22N4O2S. The van der Waals surface area contributed by atoms with E-state index in [1.165, 1.54) is 17.8 Å². The average Bonchev–Trinajstić information content (AvgIpc) is 3.06. The van der Waals surface area contributed by atoms with Crippen LogP contribution in [-0.2, 0) is 0 Å². The molecule has 1 N–H and O–H groups in total. The first-order valence-corrected chi connectivity index (χ1v) is 9.81. The molecule has 3 heterocycles. The van der Waals surface area contributed by atoms with E-state index in [2.05, 4.69) is 33.9 Å². The minimum absolute atomic E-state index is 0.253. The minimum atomic E-state index is -0.347. The van der Waals surface area contributed by atoms with Gasteiger partial charge in [-0.2, -0.15) is 0 Å². The fraction of sp³-hybridized carbons (Fsp3) is 0.421. The Kier molecular flexibility index (Phi) is 4.82. The van der Waals surface area contributed by atoms with Crippen molar-refractivity contribution in [2.24, 2.45) is 0 Å². The van der Waals surface area contributed by atoms with E-state index in [1.807, 2.05) is 24.3 Å². The van der Waals surface area contributed by atoms with E-state index in [0.29, 0.717) is 11.5 Å². The van der Waals surface area contributed by atoms with E-state index in [-0.39, 0.29) is 11.7 Å². The van der Waals surface area contributed by atoms with Crippen molar-refractivity contribution in [3.05, 3.63) is 46.6 Å². The summed E-state index contributed by atoms with van der Waals surface area (Å²) in [6.07, 6.45) is 2.15. The van der Waals surface area contributed by atoms with Crippen LogP contribution in [0.25, 0.3) is 11.0 Å². The quantitative estimate of drug-likeness (QED) is 0.708. The van der Waals surface area contributed by atoms with Crippen molar-refractivity contribution in [2.75, 3.05) is 13.1 Å². The van der Waals surface area contributed by atoms with Crippen molar-refractivity contribution in [2.45, 2.75) is 48.7 Å². The minimum Gasteiger partial charge on any atom is -0.423 e.